The molecule has 1 aliphatic rings. The van der Waals surface area contributed by atoms with Crippen LogP contribution in [0.1, 0.15) is 5.56 Å². The van der Waals surface area contributed by atoms with Gasteiger partial charge in [0.1, 0.15) is 65.0 Å². The lowest BCUT2D eigenvalue weighted by atomic mass is 9.98. The van der Waals surface area contributed by atoms with Gasteiger partial charge in [0, 0.05) is 45.1 Å². The van der Waals surface area contributed by atoms with Crippen LogP contribution in [0.4, 0.5) is 0 Å². The van der Waals surface area contributed by atoms with E-state index < -0.39 is 42.1 Å². The molecule has 0 amide bonds. The maximum absolute atomic E-state index is 14.3. The fourth-order valence-corrected chi connectivity index (χ4v) is 5.68. The van der Waals surface area contributed by atoms with E-state index in [0.717, 1.165) is 5.56 Å². The van der Waals surface area contributed by atoms with Gasteiger partial charge in [-0.1, -0.05) is 12.1 Å². The van der Waals surface area contributed by atoms with Crippen LogP contribution >= 0.6 is 0 Å². The molecule has 0 radical (unpaired) electrons. The molecule has 266 valence electrons. The molecular weight excluding hydrogens is 652 g/mol. The Morgan fingerprint density at radius 3 is 1.94 bits per heavy atom. The number of fused-ring (bicyclic) bond motifs is 1. The first-order valence-corrected chi connectivity index (χ1v) is 15.6. The van der Waals surface area contributed by atoms with Gasteiger partial charge in [-0.3, -0.25) is 4.79 Å². The van der Waals surface area contributed by atoms with Crippen LogP contribution in [0.15, 0.2) is 76.0 Å². The minimum atomic E-state index is -1.25. The predicted molar refractivity (Wildman–Crippen MR) is 182 cm³/mol. The Balaban J connectivity index is 1.50. The van der Waals surface area contributed by atoms with Crippen molar-refractivity contribution in [2.75, 3.05) is 56.4 Å². The number of rotatable bonds is 14. The second kappa shape index (κ2) is 16.5. The Kier molecular flexibility index (Phi) is 12.0. The molecule has 3 unspecified atom stereocenters. The van der Waals surface area contributed by atoms with Crippen molar-refractivity contribution in [1.82, 2.24) is 0 Å². The lowest BCUT2D eigenvalue weighted by Crippen LogP contribution is -2.62. The van der Waals surface area contributed by atoms with Crippen molar-refractivity contribution in [1.29, 1.82) is 0 Å². The maximum atomic E-state index is 14.3. The third-order valence-electron chi connectivity index (χ3n) is 8.26. The van der Waals surface area contributed by atoms with E-state index in [1.165, 1.54) is 41.6 Å². The summed E-state index contributed by atoms with van der Waals surface area (Å²) in [7, 11) is 10.5. The lowest BCUT2D eigenvalue weighted by Gasteiger charge is -2.44. The van der Waals surface area contributed by atoms with E-state index in [1.807, 2.05) is 0 Å². The molecule has 0 spiro atoms. The summed E-state index contributed by atoms with van der Waals surface area (Å²) in [5.74, 6) is 1.25. The molecule has 2 heterocycles. The normalized spacial score (nSPS) is 20.4. The van der Waals surface area contributed by atoms with Gasteiger partial charge in [0.05, 0.1) is 28.4 Å². The first kappa shape index (κ1) is 36.2. The first-order valence-electron chi connectivity index (χ1n) is 15.6. The third-order valence-corrected chi connectivity index (χ3v) is 8.26. The smallest absolute Gasteiger partial charge is 0.330 e. The van der Waals surface area contributed by atoms with Crippen molar-refractivity contribution in [3.63, 3.8) is 0 Å². The van der Waals surface area contributed by atoms with Crippen LogP contribution in [0.5, 0.6) is 28.7 Å². The number of benzene rings is 3. The Labute approximate surface area is 289 Å². The van der Waals surface area contributed by atoms with Crippen LogP contribution in [0, 0.1) is 0 Å². The van der Waals surface area contributed by atoms with Crippen LogP contribution in [-0.4, -0.2) is 93.1 Å². The summed E-state index contributed by atoms with van der Waals surface area (Å²) < 4.78 is 63.4. The molecule has 1 saturated heterocycles. The Morgan fingerprint density at radius 1 is 0.740 bits per heavy atom. The van der Waals surface area contributed by atoms with Crippen LogP contribution in [-0.2, 0) is 28.5 Å². The quantitative estimate of drug-likeness (QED) is 0.131. The van der Waals surface area contributed by atoms with Gasteiger partial charge in [0.15, 0.2) is 5.76 Å². The summed E-state index contributed by atoms with van der Waals surface area (Å²) in [6.07, 6.45) is -1.64. The summed E-state index contributed by atoms with van der Waals surface area (Å²) in [6, 6.07) is 17.2. The standard InChI is InChI=1S/C37H40O13/c1-40-23-13-8-21(9-14-23)10-17-29(38)47-20-28-33(44-5)35(45-6)36(46-7)37(49-28)50-34-31(39)30-26(43-4)18-25(42-3)19-27(30)48-32(34)22-11-15-24(41-2)16-12-22/h8-19,28,33,35-37H,20H2,1-7H3/b17-10+/t28?,33-,35?,36?,37+/m1/s1. The average molecular weight is 693 g/mol. The van der Waals surface area contributed by atoms with Gasteiger partial charge in [-0.15, -0.1) is 0 Å². The summed E-state index contributed by atoms with van der Waals surface area (Å²) in [5, 5.41) is 0.123. The number of hydrogen-bond donors (Lipinski definition) is 0. The van der Waals surface area contributed by atoms with Gasteiger partial charge in [-0.05, 0) is 48.0 Å². The number of carbonyl (C=O) groups excluding carboxylic acids is 1. The number of methoxy groups -OCH3 is 7. The summed E-state index contributed by atoms with van der Waals surface area (Å²) in [4.78, 5) is 27.1. The van der Waals surface area contributed by atoms with E-state index in [9.17, 15) is 9.59 Å². The fraction of sp³-hybridized carbons (Fsp3) is 0.351. The minimum absolute atomic E-state index is 0.105. The molecule has 50 heavy (non-hydrogen) atoms. The second-order valence-corrected chi connectivity index (χ2v) is 11.0. The Morgan fingerprint density at radius 2 is 1.36 bits per heavy atom. The van der Waals surface area contributed by atoms with Gasteiger partial charge in [-0.2, -0.15) is 0 Å². The zero-order valence-electron chi connectivity index (χ0n) is 28.8. The van der Waals surface area contributed by atoms with Crippen LogP contribution in [0.25, 0.3) is 28.4 Å². The van der Waals surface area contributed by atoms with Gasteiger partial charge in [-0.25, -0.2) is 4.79 Å². The molecule has 0 N–H and O–H groups in total. The summed E-state index contributed by atoms with van der Waals surface area (Å²) in [5.41, 5.74) is 0.959. The summed E-state index contributed by atoms with van der Waals surface area (Å²) >= 11 is 0. The molecule has 0 aliphatic carbocycles. The van der Waals surface area contributed by atoms with Gasteiger partial charge in [0.2, 0.25) is 17.5 Å². The highest BCUT2D eigenvalue weighted by Crippen LogP contribution is 2.38. The molecular formula is C37H40O13. The van der Waals surface area contributed by atoms with E-state index in [-0.39, 0.29) is 34.8 Å². The number of hydrogen-bond acceptors (Lipinski definition) is 13. The van der Waals surface area contributed by atoms with Crippen LogP contribution < -0.4 is 29.1 Å². The van der Waals surface area contributed by atoms with E-state index >= 15 is 0 Å². The highest BCUT2D eigenvalue weighted by atomic mass is 16.7. The van der Waals surface area contributed by atoms with Crippen molar-refractivity contribution >= 4 is 23.0 Å². The molecule has 4 aromatic rings. The second-order valence-electron chi connectivity index (χ2n) is 11.0. The SMILES string of the molecule is COc1ccc(/C=C/C(=O)OCC2O[C@@H](Oc3c(-c4ccc(OC)cc4)oc4cc(OC)cc(OC)c4c3=O)C(OC)C(OC)[C@@H]2OC)cc1. The Bertz CT molecular complexity index is 1830. The number of carbonyl (C=O) groups is 1. The van der Waals surface area contributed by atoms with Crippen molar-refractivity contribution in [3.8, 4) is 40.1 Å². The van der Waals surface area contributed by atoms with Gasteiger partial charge >= 0.3 is 5.97 Å². The van der Waals surface area contributed by atoms with E-state index in [1.54, 1.807) is 81.0 Å². The highest BCUT2D eigenvalue weighted by Gasteiger charge is 2.49. The molecule has 13 heteroatoms. The predicted octanol–water partition coefficient (Wildman–Crippen LogP) is 4.90. The average Bonchev–Trinajstić information content (AvgIpc) is 3.16. The van der Waals surface area contributed by atoms with E-state index in [0.29, 0.717) is 22.8 Å². The monoisotopic (exact) mass is 692 g/mol. The van der Waals surface area contributed by atoms with E-state index in [4.69, 9.17) is 51.8 Å². The Hall–Kier alpha value is -5.08. The molecule has 5 rings (SSSR count). The van der Waals surface area contributed by atoms with Crippen LogP contribution in [0.3, 0.4) is 0 Å². The fourth-order valence-electron chi connectivity index (χ4n) is 5.68. The first-order chi connectivity index (χ1) is 24.3. The third kappa shape index (κ3) is 7.71. The molecule has 5 atom stereocenters. The largest absolute Gasteiger partial charge is 0.497 e. The molecule has 1 aliphatic heterocycles. The van der Waals surface area contributed by atoms with Crippen molar-refractivity contribution in [2.45, 2.75) is 30.7 Å². The molecule has 3 aromatic carbocycles. The zero-order chi connectivity index (χ0) is 35.8. The molecule has 13 nitrogen and oxygen atoms in total. The minimum Gasteiger partial charge on any atom is -0.497 e. The summed E-state index contributed by atoms with van der Waals surface area (Å²) in [6.45, 7) is -0.230. The molecule has 1 fully saturated rings. The van der Waals surface area contributed by atoms with Crippen LogP contribution in [0.2, 0.25) is 0 Å². The van der Waals surface area contributed by atoms with Gasteiger partial charge < -0.3 is 51.8 Å². The topological polar surface area (TPSA) is 140 Å². The van der Waals surface area contributed by atoms with E-state index in [2.05, 4.69) is 0 Å². The lowest BCUT2D eigenvalue weighted by molar-refractivity contribution is -0.292. The maximum Gasteiger partial charge on any atom is 0.330 e. The number of ether oxygens (including phenoxy) is 10. The molecule has 0 saturated carbocycles. The highest BCUT2D eigenvalue weighted by molar-refractivity contribution is 5.89. The zero-order valence-corrected chi connectivity index (χ0v) is 28.8. The van der Waals surface area contributed by atoms with Crippen molar-refractivity contribution in [3.05, 3.63) is 82.5 Å². The van der Waals surface area contributed by atoms with Gasteiger partial charge in [0.25, 0.3) is 0 Å². The number of esters is 1. The van der Waals surface area contributed by atoms with Crippen molar-refractivity contribution in [2.24, 2.45) is 0 Å². The molecule has 1 aromatic heterocycles. The van der Waals surface area contributed by atoms with Crippen molar-refractivity contribution < 1.29 is 56.6 Å². The molecule has 0 bridgehead atoms.